The summed E-state index contributed by atoms with van der Waals surface area (Å²) < 4.78 is 5.64. The molecule has 2 aromatic rings. The van der Waals surface area contributed by atoms with Crippen LogP contribution in [0.2, 0.25) is 0 Å². The van der Waals surface area contributed by atoms with Crippen LogP contribution in [0.1, 0.15) is 40.4 Å². The number of likely N-dealkylation sites (N-methyl/N-ethyl adjacent to an activating group) is 1. The summed E-state index contributed by atoms with van der Waals surface area (Å²) in [6, 6.07) is 18.1. The molecule has 0 aromatic heterocycles. The van der Waals surface area contributed by atoms with Gasteiger partial charge in [0.1, 0.15) is 0 Å². The summed E-state index contributed by atoms with van der Waals surface area (Å²) in [4.78, 5) is 30.4. The Hall–Kier alpha value is -2.70. The van der Waals surface area contributed by atoms with Gasteiger partial charge in [-0.05, 0) is 49.6 Å². The van der Waals surface area contributed by atoms with E-state index in [-0.39, 0.29) is 17.9 Å². The summed E-state index contributed by atoms with van der Waals surface area (Å²) in [6.45, 7) is 3.41. The summed E-state index contributed by atoms with van der Waals surface area (Å²) in [6.07, 6.45) is 2.26. The molecule has 4 rings (SSSR count). The first-order valence-corrected chi connectivity index (χ1v) is 11.5. The molecule has 0 bridgehead atoms. The zero-order valence-electron chi connectivity index (χ0n) is 19.0. The lowest BCUT2D eigenvalue weighted by atomic mass is 9.73. The lowest BCUT2D eigenvalue weighted by molar-refractivity contribution is -0.151. The third-order valence-electron chi connectivity index (χ3n) is 6.98. The van der Waals surface area contributed by atoms with E-state index in [9.17, 15) is 9.59 Å². The van der Waals surface area contributed by atoms with Crippen molar-refractivity contribution in [2.24, 2.45) is 5.41 Å². The predicted octanol–water partition coefficient (Wildman–Crippen LogP) is 2.90. The summed E-state index contributed by atoms with van der Waals surface area (Å²) in [7, 11) is 3.73. The maximum atomic E-state index is 14.0. The minimum absolute atomic E-state index is 0.0610. The average Bonchev–Trinajstić information content (AvgIpc) is 2.84. The van der Waals surface area contributed by atoms with E-state index in [0.717, 1.165) is 37.9 Å². The second-order valence-electron chi connectivity index (χ2n) is 9.01. The van der Waals surface area contributed by atoms with Crippen LogP contribution in [0, 0.1) is 5.41 Å². The molecule has 1 N–H and O–H groups in total. The van der Waals surface area contributed by atoms with E-state index in [1.54, 1.807) is 7.05 Å². The van der Waals surface area contributed by atoms with Gasteiger partial charge in [0.15, 0.2) is 0 Å². The Bertz CT molecular complexity index is 940. The largest absolute Gasteiger partial charge is 0.381 e. The Morgan fingerprint density at radius 3 is 2.53 bits per heavy atom. The topological polar surface area (TPSA) is 61.9 Å². The second-order valence-corrected chi connectivity index (χ2v) is 9.01. The third-order valence-corrected chi connectivity index (χ3v) is 6.98. The summed E-state index contributed by atoms with van der Waals surface area (Å²) in [5.74, 6) is 0.146. The van der Waals surface area contributed by atoms with Gasteiger partial charge in [0, 0.05) is 45.5 Å². The van der Waals surface area contributed by atoms with Gasteiger partial charge in [-0.1, -0.05) is 42.5 Å². The molecule has 2 aliphatic heterocycles. The van der Waals surface area contributed by atoms with E-state index in [2.05, 4.69) is 35.5 Å². The molecule has 0 unspecified atom stereocenters. The van der Waals surface area contributed by atoms with Gasteiger partial charge in [0.2, 0.25) is 5.91 Å². The monoisotopic (exact) mass is 435 g/mol. The lowest BCUT2D eigenvalue weighted by Gasteiger charge is -2.45. The Morgan fingerprint density at radius 2 is 1.81 bits per heavy atom. The van der Waals surface area contributed by atoms with Crippen molar-refractivity contribution in [1.29, 1.82) is 0 Å². The average molecular weight is 436 g/mol. The van der Waals surface area contributed by atoms with Gasteiger partial charge in [-0.25, -0.2) is 0 Å². The van der Waals surface area contributed by atoms with Crippen LogP contribution in [0.25, 0.3) is 0 Å². The van der Waals surface area contributed by atoms with Gasteiger partial charge in [-0.2, -0.15) is 0 Å². The van der Waals surface area contributed by atoms with Crippen LogP contribution in [-0.2, 0) is 16.0 Å². The van der Waals surface area contributed by atoms with Crippen molar-refractivity contribution in [3.05, 3.63) is 71.3 Å². The lowest BCUT2D eigenvalue weighted by Crippen LogP contribution is -2.55. The number of amides is 2. The Morgan fingerprint density at radius 1 is 1.06 bits per heavy atom. The van der Waals surface area contributed by atoms with Crippen LogP contribution in [0.15, 0.2) is 54.6 Å². The van der Waals surface area contributed by atoms with Crippen LogP contribution >= 0.6 is 0 Å². The number of nitrogens with one attached hydrogen (secondary N) is 1. The number of benzene rings is 2. The number of ether oxygens (including phenoxy) is 1. The van der Waals surface area contributed by atoms with Crippen molar-refractivity contribution in [2.45, 2.75) is 25.3 Å². The Kier molecular flexibility index (Phi) is 6.92. The van der Waals surface area contributed by atoms with E-state index in [0.29, 0.717) is 25.3 Å². The van der Waals surface area contributed by atoms with Gasteiger partial charge in [-0.3, -0.25) is 14.5 Å². The molecule has 6 heteroatoms. The SMILES string of the molecule is CNC(=O)c1cccc([C@H]2CN(C(=O)C3(Cc4ccccc4)CCOCC3)CCN2C)c1. The first kappa shape index (κ1) is 22.5. The number of carbonyl (C=O) groups excluding carboxylic acids is 2. The van der Waals surface area contributed by atoms with Gasteiger partial charge in [0.05, 0.1) is 11.5 Å². The van der Waals surface area contributed by atoms with Crippen molar-refractivity contribution in [1.82, 2.24) is 15.1 Å². The fourth-order valence-electron chi connectivity index (χ4n) is 5.00. The molecule has 2 saturated heterocycles. The molecule has 1 atom stereocenters. The molecular formula is C26H33N3O3. The van der Waals surface area contributed by atoms with Crippen LogP contribution in [0.5, 0.6) is 0 Å². The Labute approximate surface area is 190 Å². The maximum absolute atomic E-state index is 14.0. The molecule has 0 radical (unpaired) electrons. The van der Waals surface area contributed by atoms with E-state index in [4.69, 9.17) is 4.74 Å². The zero-order chi connectivity index (χ0) is 22.6. The highest BCUT2D eigenvalue weighted by Crippen LogP contribution is 2.38. The van der Waals surface area contributed by atoms with Crippen molar-refractivity contribution in [3.8, 4) is 0 Å². The molecule has 2 heterocycles. The maximum Gasteiger partial charge on any atom is 0.251 e. The van der Waals surface area contributed by atoms with Gasteiger partial charge in [0.25, 0.3) is 5.91 Å². The minimum Gasteiger partial charge on any atom is -0.381 e. The minimum atomic E-state index is -0.413. The smallest absolute Gasteiger partial charge is 0.251 e. The van der Waals surface area contributed by atoms with Crippen molar-refractivity contribution in [3.63, 3.8) is 0 Å². The first-order chi connectivity index (χ1) is 15.5. The number of hydrogen-bond acceptors (Lipinski definition) is 4. The molecule has 0 aliphatic carbocycles. The van der Waals surface area contributed by atoms with E-state index in [1.165, 1.54) is 5.56 Å². The fourth-order valence-corrected chi connectivity index (χ4v) is 5.00. The Balaban J connectivity index is 1.57. The molecule has 2 aliphatic rings. The van der Waals surface area contributed by atoms with Crippen LogP contribution < -0.4 is 5.32 Å². The van der Waals surface area contributed by atoms with Crippen LogP contribution in [0.3, 0.4) is 0 Å². The van der Waals surface area contributed by atoms with E-state index < -0.39 is 5.41 Å². The molecule has 6 nitrogen and oxygen atoms in total. The normalized spacial score (nSPS) is 21.2. The molecule has 170 valence electrons. The van der Waals surface area contributed by atoms with E-state index >= 15 is 0 Å². The number of nitrogens with zero attached hydrogens (tertiary/aromatic N) is 2. The predicted molar refractivity (Wildman–Crippen MR) is 124 cm³/mol. The van der Waals surface area contributed by atoms with Gasteiger partial charge >= 0.3 is 0 Å². The summed E-state index contributed by atoms with van der Waals surface area (Å²) in [5.41, 5.74) is 2.50. The molecule has 2 fully saturated rings. The van der Waals surface area contributed by atoms with Crippen LogP contribution in [0.4, 0.5) is 0 Å². The second kappa shape index (κ2) is 9.84. The zero-order valence-corrected chi connectivity index (χ0v) is 19.0. The number of carbonyl (C=O) groups is 2. The van der Waals surface area contributed by atoms with Crippen LogP contribution in [-0.4, -0.2) is 68.6 Å². The number of rotatable bonds is 5. The highest BCUT2D eigenvalue weighted by Gasteiger charge is 2.44. The molecular weight excluding hydrogens is 402 g/mol. The van der Waals surface area contributed by atoms with Crippen molar-refractivity contribution in [2.75, 3.05) is 46.9 Å². The summed E-state index contributed by atoms with van der Waals surface area (Å²) >= 11 is 0. The number of hydrogen-bond donors (Lipinski definition) is 1. The van der Waals surface area contributed by atoms with Gasteiger partial charge in [-0.15, -0.1) is 0 Å². The molecule has 2 amide bonds. The van der Waals surface area contributed by atoms with Gasteiger partial charge < -0.3 is 15.0 Å². The third kappa shape index (κ3) is 4.71. The summed E-state index contributed by atoms with van der Waals surface area (Å²) in [5, 5.41) is 2.69. The van der Waals surface area contributed by atoms with Crippen molar-refractivity contribution >= 4 is 11.8 Å². The fraction of sp³-hybridized carbons (Fsp3) is 0.462. The molecule has 2 aromatic carbocycles. The standard InChI is InChI=1S/C26H33N3O3/c1-27-24(30)22-10-6-9-21(17-22)23-19-29(14-13-28(23)2)25(31)26(11-15-32-16-12-26)18-20-7-4-3-5-8-20/h3-10,17,23H,11-16,18-19H2,1-2H3,(H,27,30)/t23-/m1/s1. The molecule has 0 spiro atoms. The number of piperazine rings is 1. The molecule has 32 heavy (non-hydrogen) atoms. The first-order valence-electron chi connectivity index (χ1n) is 11.5. The quantitative estimate of drug-likeness (QED) is 0.785. The van der Waals surface area contributed by atoms with Crippen molar-refractivity contribution < 1.29 is 14.3 Å². The molecule has 0 saturated carbocycles. The highest BCUT2D eigenvalue weighted by molar-refractivity contribution is 5.94. The highest BCUT2D eigenvalue weighted by atomic mass is 16.5. The van der Waals surface area contributed by atoms with E-state index in [1.807, 2.05) is 41.3 Å².